The van der Waals surface area contributed by atoms with Gasteiger partial charge in [-0.3, -0.25) is 4.79 Å². The third-order valence-electron chi connectivity index (χ3n) is 4.39. The topological polar surface area (TPSA) is 40.5 Å². The number of likely N-dealkylation sites (tertiary alicyclic amines) is 1. The van der Waals surface area contributed by atoms with Gasteiger partial charge in [0.25, 0.3) is 0 Å². The molecule has 0 aromatic heterocycles. The van der Waals surface area contributed by atoms with Crippen molar-refractivity contribution in [3.05, 3.63) is 35.9 Å². The minimum absolute atomic E-state index is 0.219. The quantitative estimate of drug-likeness (QED) is 0.861. The molecule has 1 unspecified atom stereocenters. The first kappa shape index (κ1) is 11.7. The lowest BCUT2D eigenvalue weighted by Gasteiger charge is -2.43. The van der Waals surface area contributed by atoms with Crippen molar-refractivity contribution in [2.24, 2.45) is 0 Å². The first-order chi connectivity index (χ1) is 8.72. The van der Waals surface area contributed by atoms with Crippen LogP contribution in [-0.2, 0) is 10.2 Å². The van der Waals surface area contributed by atoms with Crippen LogP contribution in [0.4, 0.5) is 0 Å². The Labute approximate surface area is 107 Å². The molecule has 1 atom stereocenters. The number of hydrogen-bond acceptors (Lipinski definition) is 2. The van der Waals surface area contributed by atoms with Gasteiger partial charge in [0.15, 0.2) is 0 Å². The van der Waals surface area contributed by atoms with Crippen LogP contribution in [0.5, 0.6) is 0 Å². The monoisotopic (exact) mass is 245 g/mol. The number of aliphatic hydroxyl groups is 1. The summed E-state index contributed by atoms with van der Waals surface area (Å²) in [6.45, 7) is 1.21. The van der Waals surface area contributed by atoms with Gasteiger partial charge in [0.1, 0.15) is 0 Å². The highest BCUT2D eigenvalue weighted by atomic mass is 16.3. The van der Waals surface area contributed by atoms with E-state index in [1.165, 1.54) is 0 Å². The smallest absolute Gasteiger partial charge is 0.233 e. The molecule has 1 amide bonds. The van der Waals surface area contributed by atoms with E-state index in [0.717, 1.165) is 31.2 Å². The molecule has 3 nitrogen and oxygen atoms in total. The van der Waals surface area contributed by atoms with E-state index in [4.69, 9.17) is 0 Å². The van der Waals surface area contributed by atoms with Gasteiger partial charge < -0.3 is 10.0 Å². The van der Waals surface area contributed by atoms with Crippen molar-refractivity contribution in [2.75, 3.05) is 13.1 Å². The Morgan fingerprint density at radius 1 is 1.28 bits per heavy atom. The average molecular weight is 245 g/mol. The van der Waals surface area contributed by atoms with Crippen LogP contribution in [0.3, 0.4) is 0 Å². The number of benzene rings is 1. The molecular weight excluding hydrogens is 226 g/mol. The molecule has 2 aliphatic rings. The maximum Gasteiger partial charge on any atom is 0.233 e. The number of amides is 1. The number of hydrogen-bond donors (Lipinski definition) is 1. The third-order valence-corrected chi connectivity index (χ3v) is 4.39. The first-order valence-corrected chi connectivity index (χ1v) is 6.75. The molecule has 3 rings (SSSR count). The summed E-state index contributed by atoms with van der Waals surface area (Å²) in [5.41, 5.74) is 0.841. The lowest BCUT2D eigenvalue weighted by Crippen LogP contribution is -2.50. The zero-order chi connectivity index (χ0) is 12.6. The van der Waals surface area contributed by atoms with Gasteiger partial charge in [-0.2, -0.15) is 0 Å². The summed E-state index contributed by atoms with van der Waals surface area (Å²) in [5, 5.41) is 9.58. The summed E-state index contributed by atoms with van der Waals surface area (Å²) < 4.78 is 0. The van der Waals surface area contributed by atoms with Crippen molar-refractivity contribution in [3.63, 3.8) is 0 Å². The van der Waals surface area contributed by atoms with E-state index in [-0.39, 0.29) is 17.4 Å². The molecule has 1 aromatic carbocycles. The molecule has 0 bridgehead atoms. The lowest BCUT2D eigenvalue weighted by molar-refractivity contribution is -0.140. The van der Waals surface area contributed by atoms with Crippen LogP contribution in [0.15, 0.2) is 30.3 Å². The van der Waals surface area contributed by atoms with Crippen molar-refractivity contribution < 1.29 is 9.90 Å². The molecule has 1 saturated heterocycles. The van der Waals surface area contributed by atoms with Gasteiger partial charge in [-0.05, 0) is 24.8 Å². The predicted octanol–water partition coefficient (Wildman–Crippen LogP) is 1.70. The van der Waals surface area contributed by atoms with Gasteiger partial charge in [0, 0.05) is 13.1 Å². The number of carbonyl (C=O) groups excluding carboxylic acids is 1. The summed E-state index contributed by atoms with van der Waals surface area (Å²) in [5.74, 6) is 0.219. The summed E-state index contributed by atoms with van der Waals surface area (Å²) >= 11 is 0. The number of carbonyl (C=O) groups is 1. The fourth-order valence-corrected chi connectivity index (χ4v) is 3.14. The molecule has 1 aliphatic heterocycles. The standard InChI is InChI=1S/C15H19NO2/c17-13-7-10-16(11-13)14(18)15(8-4-9-15)12-5-2-1-3-6-12/h1-3,5-6,13,17H,4,7-11H2. The summed E-state index contributed by atoms with van der Waals surface area (Å²) in [6.07, 6.45) is 3.40. The maximum atomic E-state index is 12.7. The molecule has 3 heteroatoms. The zero-order valence-electron chi connectivity index (χ0n) is 10.5. The van der Waals surface area contributed by atoms with Crippen LogP contribution < -0.4 is 0 Å². The zero-order valence-corrected chi connectivity index (χ0v) is 10.5. The minimum atomic E-state index is -0.332. The van der Waals surface area contributed by atoms with Gasteiger partial charge in [0.2, 0.25) is 5.91 Å². The second kappa shape index (κ2) is 4.39. The largest absolute Gasteiger partial charge is 0.391 e. The molecule has 96 valence electrons. The fraction of sp³-hybridized carbons (Fsp3) is 0.533. The Kier molecular flexibility index (Phi) is 2.86. The molecular formula is C15H19NO2. The number of nitrogens with zero attached hydrogens (tertiary/aromatic N) is 1. The van der Waals surface area contributed by atoms with Crippen molar-refractivity contribution >= 4 is 5.91 Å². The minimum Gasteiger partial charge on any atom is -0.391 e. The first-order valence-electron chi connectivity index (χ1n) is 6.75. The van der Waals surface area contributed by atoms with Gasteiger partial charge in [-0.1, -0.05) is 36.8 Å². The summed E-state index contributed by atoms with van der Waals surface area (Å²) in [7, 11) is 0. The maximum absolute atomic E-state index is 12.7. The van der Waals surface area contributed by atoms with Gasteiger partial charge in [0.05, 0.1) is 11.5 Å². The summed E-state index contributed by atoms with van der Waals surface area (Å²) in [4.78, 5) is 14.6. The van der Waals surface area contributed by atoms with Crippen molar-refractivity contribution in [1.29, 1.82) is 0 Å². The molecule has 18 heavy (non-hydrogen) atoms. The normalized spacial score (nSPS) is 25.8. The van der Waals surface area contributed by atoms with E-state index in [9.17, 15) is 9.90 Å². The Morgan fingerprint density at radius 3 is 2.50 bits per heavy atom. The van der Waals surface area contributed by atoms with Crippen LogP contribution in [-0.4, -0.2) is 35.1 Å². The number of aliphatic hydroxyl groups excluding tert-OH is 1. The van der Waals surface area contributed by atoms with Crippen LogP contribution in [0.2, 0.25) is 0 Å². The molecule has 0 spiro atoms. The van der Waals surface area contributed by atoms with Crippen LogP contribution in [0.1, 0.15) is 31.2 Å². The van der Waals surface area contributed by atoms with Crippen LogP contribution in [0, 0.1) is 0 Å². The molecule has 0 radical (unpaired) electrons. The second-order valence-corrected chi connectivity index (χ2v) is 5.50. The highest BCUT2D eigenvalue weighted by molar-refractivity contribution is 5.89. The molecule has 1 aliphatic carbocycles. The molecule has 1 N–H and O–H groups in total. The van der Waals surface area contributed by atoms with Gasteiger partial charge in [-0.15, -0.1) is 0 Å². The lowest BCUT2D eigenvalue weighted by atomic mass is 9.63. The number of rotatable bonds is 2. The van der Waals surface area contributed by atoms with E-state index in [2.05, 4.69) is 12.1 Å². The Morgan fingerprint density at radius 2 is 2.00 bits per heavy atom. The van der Waals surface area contributed by atoms with E-state index in [1.807, 2.05) is 23.1 Å². The number of β-amino-alcohol motifs (C(OH)–C–C–N with tert-alkyl or cyclic N) is 1. The Hall–Kier alpha value is -1.35. The Balaban J connectivity index is 1.86. The van der Waals surface area contributed by atoms with Gasteiger partial charge in [-0.25, -0.2) is 0 Å². The predicted molar refractivity (Wildman–Crippen MR) is 69.2 cm³/mol. The van der Waals surface area contributed by atoms with Crippen molar-refractivity contribution in [1.82, 2.24) is 4.90 Å². The molecule has 1 heterocycles. The average Bonchev–Trinajstić information content (AvgIpc) is 2.76. The SMILES string of the molecule is O=C(N1CCC(O)C1)C1(c2ccccc2)CCC1. The fourth-order valence-electron chi connectivity index (χ4n) is 3.14. The third kappa shape index (κ3) is 1.74. The summed E-state index contributed by atoms with van der Waals surface area (Å²) in [6, 6.07) is 10.1. The molecule has 1 saturated carbocycles. The highest BCUT2D eigenvalue weighted by Gasteiger charge is 2.48. The molecule has 1 aromatic rings. The van der Waals surface area contributed by atoms with Gasteiger partial charge >= 0.3 is 0 Å². The van der Waals surface area contributed by atoms with Crippen LogP contribution in [0.25, 0.3) is 0 Å². The highest BCUT2D eigenvalue weighted by Crippen LogP contribution is 2.45. The van der Waals surface area contributed by atoms with E-state index < -0.39 is 0 Å². The van der Waals surface area contributed by atoms with E-state index in [0.29, 0.717) is 13.1 Å². The van der Waals surface area contributed by atoms with Crippen molar-refractivity contribution in [2.45, 2.75) is 37.2 Å². The molecule has 2 fully saturated rings. The van der Waals surface area contributed by atoms with E-state index in [1.54, 1.807) is 0 Å². The van der Waals surface area contributed by atoms with Crippen LogP contribution >= 0.6 is 0 Å². The van der Waals surface area contributed by atoms with E-state index >= 15 is 0 Å². The van der Waals surface area contributed by atoms with Crippen molar-refractivity contribution in [3.8, 4) is 0 Å². The Bertz CT molecular complexity index is 439. The second-order valence-electron chi connectivity index (χ2n) is 5.50.